The fourth-order valence-corrected chi connectivity index (χ4v) is 4.75. The van der Waals surface area contributed by atoms with E-state index in [0.29, 0.717) is 19.3 Å². The van der Waals surface area contributed by atoms with E-state index in [9.17, 15) is 29.6 Å². The first-order valence-electron chi connectivity index (χ1n) is 11.7. The highest BCUT2D eigenvalue weighted by Crippen LogP contribution is 2.41. The second kappa shape index (κ2) is 10.5. The molecule has 1 aliphatic carbocycles. The van der Waals surface area contributed by atoms with Crippen molar-refractivity contribution in [3.8, 4) is 5.75 Å². The SMILES string of the molecule is CCOC(=O)c1cc([N+](=O)[O-])ccc1OC1CCC2CN(C(=O)OC(C)(C)C)C(C(=O)O)CC2C1. The Balaban J connectivity index is 1.74. The number of hydrogen-bond acceptors (Lipinski definition) is 8. The van der Waals surface area contributed by atoms with Crippen LogP contribution in [0.5, 0.6) is 5.75 Å². The van der Waals surface area contributed by atoms with E-state index in [2.05, 4.69) is 0 Å². The zero-order chi connectivity index (χ0) is 25.9. The zero-order valence-corrected chi connectivity index (χ0v) is 20.4. The second-order valence-corrected chi connectivity index (χ2v) is 9.95. The van der Waals surface area contributed by atoms with E-state index in [1.165, 1.54) is 17.0 Å². The molecule has 3 rings (SSSR count). The molecule has 2 aliphatic rings. The number of ether oxygens (including phenoxy) is 3. The van der Waals surface area contributed by atoms with Crippen molar-refractivity contribution < 1.29 is 38.6 Å². The summed E-state index contributed by atoms with van der Waals surface area (Å²) in [6.07, 6.45) is 1.18. The first-order valence-corrected chi connectivity index (χ1v) is 11.7. The molecular weight excluding hydrogens is 460 g/mol. The molecule has 0 radical (unpaired) electrons. The van der Waals surface area contributed by atoms with Crippen molar-refractivity contribution in [2.75, 3.05) is 13.2 Å². The third-order valence-electron chi connectivity index (χ3n) is 6.30. The Morgan fingerprint density at radius 2 is 1.89 bits per heavy atom. The summed E-state index contributed by atoms with van der Waals surface area (Å²) in [4.78, 5) is 48.9. The third-order valence-corrected chi connectivity index (χ3v) is 6.30. The number of piperidine rings is 1. The van der Waals surface area contributed by atoms with Gasteiger partial charge in [-0.15, -0.1) is 0 Å². The normalized spacial score (nSPS) is 24.2. The van der Waals surface area contributed by atoms with Crippen LogP contribution in [-0.2, 0) is 14.3 Å². The van der Waals surface area contributed by atoms with Crippen LogP contribution in [0, 0.1) is 22.0 Å². The van der Waals surface area contributed by atoms with E-state index in [-0.39, 0.29) is 54.5 Å². The minimum absolute atomic E-state index is 0.00220. The standard InChI is InChI=1S/C24H32N2O9/c1-5-33-22(29)18-12-16(26(31)32)7-9-20(18)34-17-8-6-14-13-25(23(30)35-24(2,3)4)19(21(27)28)11-15(14)10-17/h7,9,12,14-15,17,19H,5-6,8,10-11,13H2,1-4H3,(H,27,28). The quantitative estimate of drug-likeness (QED) is 0.353. The van der Waals surface area contributed by atoms with E-state index < -0.39 is 34.6 Å². The fourth-order valence-electron chi connectivity index (χ4n) is 4.75. The Morgan fingerprint density at radius 3 is 2.49 bits per heavy atom. The molecule has 1 aliphatic heterocycles. The van der Waals surface area contributed by atoms with Crippen LogP contribution in [0.25, 0.3) is 0 Å². The summed E-state index contributed by atoms with van der Waals surface area (Å²) in [7, 11) is 0. The van der Waals surface area contributed by atoms with Crippen molar-refractivity contribution in [2.24, 2.45) is 11.8 Å². The highest BCUT2D eigenvalue weighted by molar-refractivity contribution is 5.93. The molecule has 1 amide bonds. The average molecular weight is 493 g/mol. The van der Waals surface area contributed by atoms with E-state index in [4.69, 9.17) is 14.2 Å². The number of likely N-dealkylation sites (tertiary alicyclic amines) is 1. The lowest BCUT2D eigenvalue weighted by atomic mass is 9.72. The highest BCUT2D eigenvalue weighted by Gasteiger charge is 2.45. The Kier molecular flexibility index (Phi) is 7.86. The van der Waals surface area contributed by atoms with Crippen molar-refractivity contribution in [3.63, 3.8) is 0 Å². The number of fused-ring (bicyclic) bond motifs is 1. The average Bonchev–Trinajstić information content (AvgIpc) is 2.77. The Morgan fingerprint density at radius 1 is 1.17 bits per heavy atom. The van der Waals surface area contributed by atoms with Crippen molar-refractivity contribution in [2.45, 2.75) is 71.1 Å². The highest BCUT2D eigenvalue weighted by atomic mass is 16.6. The van der Waals surface area contributed by atoms with Gasteiger partial charge in [-0.05, 0) is 71.3 Å². The molecule has 1 aromatic rings. The van der Waals surface area contributed by atoms with Gasteiger partial charge in [-0.25, -0.2) is 14.4 Å². The van der Waals surface area contributed by atoms with Crippen LogP contribution in [0.1, 0.15) is 63.7 Å². The van der Waals surface area contributed by atoms with E-state index in [0.717, 1.165) is 6.07 Å². The number of hydrogen-bond donors (Lipinski definition) is 1. The van der Waals surface area contributed by atoms with Gasteiger partial charge in [0, 0.05) is 18.7 Å². The number of carbonyl (C=O) groups excluding carboxylic acids is 2. The number of nitrogens with zero attached hydrogens (tertiary/aromatic N) is 2. The van der Waals surface area contributed by atoms with Crippen LogP contribution >= 0.6 is 0 Å². The Hall–Kier alpha value is -3.37. The second-order valence-electron chi connectivity index (χ2n) is 9.95. The van der Waals surface area contributed by atoms with Crippen LogP contribution in [-0.4, -0.2) is 63.9 Å². The Bertz CT molecular complexity index is 988. The predicted octanol–water partition coefficient (Wildman–Crippen LogP) is 4.03. The largest absolute Gasteiger partial charge is 0.490 e. The molecule has 1 saturated carbocycles. The predicted molar refractivity (Wildman–Crippen MR) is 123 cm³/mol. The summed E-state index contributed by atoms with van der Waals surface area (Å²) >= 11 is 0. The number of nitro groups is 1. The number of carboxylic acids is 1. The number of non-ortho nitro benzene ring substituents is 1. The molecule has 0 aromatic heterocycles. The molecule has 0 spiro atoms. The molecule has 11 nitrogen and oxygen atoms in total. The van der Waals surface area contributed by atoms with Gasteiger partial charge < -0.3 is 19.3 Å². The molecule has 0 bridgehead atoms. The fraction of sp³-hybridized carbons (Fsp3) is 0.625. The molecule has 4 unspecified atom stereocenters. The van der Waals surface area contributed by atoms with Gasteiger partial charge in [0.15, 0.2) is 0 Å². The number of amides is 1. The maximum absolute atomic E-state index is 12.7. The molecule has 1 heterocycles. The molecule has 4 atom stereocenters. The minimum Gasteiger partial charge on any atom is -0.490 e. The zero-order valence-electron chi connectivity index (χ0n) is 20.4. The number of rotatable bonds is 6. The molecule has 11 heteroatoms. The van der Waals surface area contributed by atoms with Gasteiger partial charge in [-0.2, -0.15) is 0 Å². The molecule has 2 fully saturated rings. The Labute approximate surface area is 203 Å². The summed E-state index contributed by atoms with van der Waals surface area (Å²) in [5.74, 6) is -1.51. The van der Waals surface area contributed by atoms with E-state index in [1.807, 2.05) is 0 Å². The lowest BCUT2D eigenvalue weighted by molar-refractivity contribution is -0.384. The maximum atomic E-state index is 12.7. The van der Waals surface area contributed by atoms with Crippen LogP contribution in [0.4, 0.5) is 10.5 Å². The number of benzene rings is 1. The summed E-state index contributed by atoms with van der Waals surface area (Å²) in [5, 5.41) is 20.9. The molecule has 1 N–H and O–H groups in total. The summed E-state index contributed by atoms with van der Waals surface area (Å²) in [6.45, 7) is 7.24. The van der Waals surface area contributed by atoms with Gasteiger partial charge in [0.05, 0.1) is 17.6 Å². The third kappa shape index (κ3) is 6.40. The van der Waals surface area contributed by atoms with Crippen LogP contribution in [0.3, 0.4) is 0 Å². The number of nitro benzene ring substituents is 1. The molecule has 192 valence electrons. The van der Waals surface area contributed by atoms with Crippen molar-refractivity contribution in [1.29, 1.82) is 0 Å². The lowest BCUT2D eigenvalue weighted by Gasteiger charge is -2.46. The van der Waals surface area contributed by atoms with Crippen molar-refractivity contribution in [1.82, 2.24) is 4.90 Å². The molecular formula is C24H32N2O9. The molecule has 1 aromatic carbocycles. The van der Waals surface area contributed by atoms with Crippen LogP contribution < -0.4 is 4.74 Å². The van der Waals surface area contributed by atoms with Crippen LogP contribution in [0.2, 0.25) is 0 Å². The molecule has 1 saturated heterocycles. The maximum Gasteiger partial charge on any atom is 0.411 e. The van der Waals surface area contributed by atoms with Crippen LogP contribution in [0.15, 0.2) is 18.2 Å². The van der Waals surface area contributed by atoms with Gasteiger partial charge in [0.1, 0.15) is 23.0 Å². The summed E-state index contributed by atoms with van der Waals surface area (Å²) in [6, 6.07) is 2.79. The van der Waals surface area contributed by atoms with Gasteiger partial charge in [-0.3, -0.25) is 15.0 Å². The van der Waals surface area contributed by atoms with Crippen molar-refractivity contribution in [3.05, 3.63) is 33.9 Å². The number of aliphatic carboxylic acids is 1. The lowest BCUT2D eigenvalue weighted by Crippen LogP contribution is -2.56. The first-order chi connectivity index (χ1) is 16.4. The monoisotopic (exact) mass is 492 g/mol. The van der Waals surface area contributed by atoms with Gasteiger partial charge in [0.2, 0.25) is 0 Å². The topological polar surface area (TPSA) is 146 Å². The first kappa shape index (κ1) is 26.2. The van der Waals surface area contributed by atoms with Crippen molar-refractivity contribution >= 4 is 23.7 Å². The van der Waals surface area contributed by atoms with E-state index in [1.54, 1.807) is 27.7 Å². The summed E-state index contributed by atoms with van der Waals surface area (Å²) in [5.41, 5.74) is -1.00. The number of esters is 1. The van der Waals surface area contributed by atoms with Gasteiger partial charge >= 0.3 is 18.0 Å². The van der Waals surface area contributed by atoms with Gasteiger partial charge in [-0.1, -0.05) is 0 Å². The molecule has 35 heavy (non-hydrogen) atoms. The van der Waals surface area contributed by atoms with Gasteiger partial charge in [0.25, 0.3) is 5.69 Å². The smallest absolute Gasteiger partial charge is 0.411 e. The number of carbonyl (C=O) groups is 3. The summed E-state index contributed by atoms with van der Waals surface area (Å²) < 4.78 is 16.6. The number of carboxylic acid groups (broad SMARTS) is 1. The minimum atomic E-state index is -1.09. The van der Waals surface area contributed by atoms with E-state index >= 15 is 0 Å².